The first-order valence-electron chi connectivity index (χ1n) is 6.39. The summed E-state index contributed by atoms with van der Waals surface area (Å²) in [6, 6.07) is 14.4. The molecule has 0 aliphatic carbocycles. The molecule has 0 saturated carbocycles. The fourth-order valence-corrected chi connectivity index (χ4v) is 3.23. The van der Waals surface area contributed by atoms with E-state index in [0.717, 1.165) is 11.1 Å². The van der Waals surface area contributed by atoms with Crippen molar-refractivity contribution < 1.29 is 8.42 Å². The average molecular weight is 290 g/mol. The Hall–Kier alpha value is -1.85. The van der Waals surface area contributed by atoms with Crippen LogP contribution in [0.1, 0.15) is 11.1 Å². The number of nitrogen functional groups attached to an aromatic ring is 1. The van der Waals surface area contributed by atoms with Crippen LogP contribution in [0.4, 0.5) is 5.69 Å². The minimum atomic E-state index is -3.44. The van der Waals surface area contributed by atoms with Crippen LogP contribution in [0.3, 0.4) is 0 Å². The molecule has 0 unspecified atom stereocenters. The summed E-state index contributed by atoms with van der Waals surface area (Å²) in [5.41, 5.74) is 8.10. The number of nitrogens with one attached hydrogen (secondary N) is 1. The summed E-state index contributed by atoms with van der Waals surface area (Å²) in [5.74, 6) is 0. The van der Waals surface area contributed by atoms with Crippen molar-refractivity contribution in [3.05, 3.63) is 59.7 Å². The Morgan fingerprint density at radius 2 is 1.70 bits per heavy atom. The first-order valence-corrected chi connectivity index (χ1v) is 7.87. The Balaban J connectivity index is 2.00. The molecule has 4 nitrogen and oxygen atoms in total. The summed E-state index contributed by atoms with van der Waals surface area (Å²) in [6.07, 6.45) is 0.630. The fraction of sp³-hybridized carbons (Fsp3) is 0.200. The third-order valence-electron chi connectivity index (χ3n) is 3.07. The molecule has 0 heterocycles. The van der Waals surface area contributed by atoms with E-state index in [9.17, 15) is 8.42 Å². The minimum Gasteiger partial charge on any atom is -0.399 e. The summed E-state index contributed by atoms with van der Waals surface area (Å²) in [4.78, 5) is 0.331. The van der Waals surface area contributed by atoms with Crippen molar-refractivity contribution in [1.82, 2.24) is 4.72 Å². The predicted octanol–water partition coefficient (Wildman–Crippen LogP) is 2.10. The fourth-order valence-electron chi connectivity index (χ4n) is 1.95. The highest BCUT2D eigenvalue weighted by atomic mass is 32.2. The SMILES string of the molecule is Cc1ccccc1S(=O)(=O)NCCc1ccc(N)cc1. The molecule has 0 aliphatic heterocycles. The van der Waals surface area contributed by atoms with Crippen molar-refractivity contribution in [2.75, 3.05) is 12.3 Å². The van der Waals surface area contributed by atoms with Gasteiger partial charge >= 0.3 is 0 Å². The number of nitrogens with two attached hydrogens (primary N) is 1. The molecule has 3 N–H and O–H groups in total. The molecule has 0 aromatic heterocycles. The van der Waals surface area contributed by atoms with E-state index >= 15 is 0 Å². The molecular formula is C15H18N2O2S. The van der Waals surface area contributed by atoms with Crippen LogP contribution in [0.5, 0.6) is 0 Å². The topological polar surface area (TPSA) is 72.2 Å². The first-order chi connectivity index (χ1) is 9.49. The van der Waals surface area contributed by atoms with Gasteiger partial charge in [-0.3, -0.25) is 0 Å². The van der Waals surface area contributed by atoms with Gasteiger partial charge in [0.2, 0.25) is 10.0 Å². The molecule has 0 radical (unpaired) electrons. The lowest BCUT2D eigenvalue weighted by molar-refractivity contribution is 0.581. The van der Waals surface area contributed by atoms with Crippen LogP contribution in [-0.4, -0.2) is 15.0 Å². The molecule has 0 saturated heterocycles. The van der Waals surface area contributed by atoms with Crippen LogP contribution in [0, 0.1) is 6.92 Å². The van der Waals surface area contributed by atoms with Crippen LogP contribution in [0.25, 0.3) is 0 Å². The Labute approximate surface area is 119 Å². The predicted molar refractivity (Wildman–Crippen MR) is 80.9 cm³/mol. The van der Waals surface area contributed by atoms with E-state index in [4.69, 9.17) is 5.73 Å². The van der Waals surface area contributed by atoms with Crippen LogP contribution in [0.15, 0.2) is 53.4 Å². The maximum Gasteiger partial charge on any atom is 0.240 e. The number of anilines is 1. The molecule has 0 atom stereocenters. The van der Waals surface area contributed by atoms with E-state index in [1.165, 1.54) is 0 Å². The average Bonchev–Trinajstić information content (AvgIpc) is 2.41. The lowest BCUT2D eigenvalue weighted by Gasteiger charge is -2.09. The van der Waals surface area contributed by atoms with Gasteiger partial charge in [0.25, 0.3) is 0 Å². The number of aryl methyl sites for hydroxylation is 1. The summed E-state index contributed by atoms with van der Waals surface area (Å²) in [5, 5.41) is 0. The largest absolute Gasteiger partial charge is 0.399 e. The standard InChI is InChI=1S/C15H18N2O2S/c1-12-4-2-3-5-15(12)20(18,19)17-11-10-13-6-8-14(16)9-7-13/h2-9,17H,10-11,16H2,1H3. The number of sulfonamides is 1. The van der Waals surface area contributed by atoms with Crippen molar-refractivity contribution in [1.29, 1.82) is 0 Å². The zero-order valence-electron chi connectivity index (χ0n) is 11.3. The van der Waals surface area contributed by atoms with Gasteiger partial charge in [-0.2, -0.15) is 0 Å². The number of benzene rings is 2. The monoisotopic (exact) mass is 290 g/mol. The van der Waals surface area contributed by atoms with E-state index in [1.807, 2.05) is 30.3 Å². The molecule has 2 aromatic carbocycles. The van der Waals surface area contributed by atoms with Gasteiger partial charge in [0.15, 0.2) is 0 Å². The molecular weight excluding hydrogens is 272 g/mol. The van der Waals surface area contributed by atoms with Crippen LogP contribution in [0.2, 0.25) is 0 Å². The van der Waals surface area contributed by atoms with Crippen molar-refractivity contribution in [3.63, 3.8) is 0 Å². The normalized spacial score (nSPS) is 11.4. The molecule has 0 fully saturated rings. The van der Waals surface area contributed by atoms with Gasteiger partial charge in [-0.05, 0) is 42.7 Å². The summed E-state index contributed by atoms with van der Waals surface area (Å²) in [6.45, 7) is 2.15. The molecule has 5 heteroatoms. The van der Waals surface area contributed by atoms with Gasteiger partial charge in [0.1, 0.15) is 0 Å². The van der Waals surface area contributed by atoms with Crippen molar-refractivity contribution >= 4 is 15.7 Å². The third kappa shape index (κ3) is 3.59. The summed E-state index contributed by atoms with van der Waals surface area (Å²) in [7, 11) is -3.44. The third-order valence-corrected chi connectivity index (χ3v) is 4.69. The van der Waals surface area contributed by atoms with Crippen molar-refractivity contribution in [2.45, 2.75) is 18.2 Å². The Morgan fingerprint density at radius 1 is 1.05 bits per heavy atom. The zero-order chi connectivity index (χ0) is 14.6. The molecule has 106 valence electrons. The van der Waals surface area contributed by atoms with Gasteiger partial charge in [0.05, 0.1) is 4.90 Å². The lowest BCUT2D eigenvalue weighted by Crippen LogP contribution is -2.26. The van der Waals surface area contributed by atoms with E-state index < -0.39 is 10.0 Å². The van der Waals surface area contributed by atoms with E-state index in [-0.39, 0.29) is 0 Å². The van der Waals surface area contributed by atoms with E-state index in [1.54, 1.807) is 25.1 Å². The number of hydrogen-bond donors (Lipinski definition) is 2. The molecule has 2 rings (SSSR count). The smallest absolute Gasteiger partial charge is 0.240 e. The van der Waals surface area contributed by atoms with Gasteiger partial charge in [-0.1, -0.05) is 30.3 Å². The van der Waals surface area contributed by atoms with Crippen molar-refractivity contribution in [2.24, 2.45) is 0 Å². The van der Waals surface area contributed by atoms with E-state index in [2.05, 4.69) is 4.72 Å². The summed E-state index contributed by atoms with van der Waals surface area (Å²) >= 11 is 0. The van der Waals surface area contributed by atoms with Gasteiger partial charge < -0.3 is 5.73 Å². The lowest BCUT2D eigenvalue weighted by atomic mass is 10.1. The van der Waals surface area contributed by atoms with Gasteiger partial charge in [0, 0.05) is 12.2 Å². The second-order valence-electron chi connectivity index (χ2n) is 4.65. The van der Waals surface area contributed by atoms with Gasteiger partial charge in [-0.25, -0.2) is 13.1 Å². The maximum absolute atomic E-state index is 12.2. The molecule has 20 heavy (non-hydrogen) atoms. The Morgan fingerprint density at radius 3 is 2.35 bits per heavy atom. The zero-order valence-corrected chi connectivity index (χ0v) is 12.2. The highest BCUT2D eigenvalue weighted by molar-refractivity contribution is 7.89. The molecule has 0 spiro atoms. The van der Waals surface area contributed by atoms with Crippen molar-refractivity contribution in [3.8, 4) is 0 Å². The second-order valence-corrected chi connectivity index (χ2v) is 6.39. The number of hydrogen-bond acceptors (Lipinski definition) is 3. The first kappa shape index (κ1) is 14.6. The molecule has 0 aliphatic rings. The Bertz CT molecular complexity index is 679. The highest BCUT2D eigenvalue weighted by Gasteiger charge is 2.15. The molecule has 0 amide bonds. The minimum absolute atomic E-state index is 0.331. The van der Waals surface area contributed by atoms with E-state index in [0.29, 0.717) is 23.5 Å². The second kappa shape index (κ2) is 6.07. The van der Waals surface area contributed by atoms with Crippen LogP contribution in [-0.2, 0) is 16.4 Å². The molecule has 2 aromatic rings. The maximum atomic E-state index is 12.2. The van der Waals surface area contributed by atoms with Crippen LogP contribution >= 0.6 is 0 Å². The number of rotatable bonds is 5. The Kier molecular flexibility index (Phi) is 4.42. The highest BCUT2D eigenvalue weighted by Crippen LogP contribution is 2.13. The van der Waals surface area contributed by atoms with Gasteiger partial charge in [-0.15, -0.1) is 0 Å². The summed E-state index contributed by atoms with van der Waals surface area (Å²) < 4.78 is 27.0. The quantitative estimate of drug-likeness (QED) is 0.828. The van der Waals surface area contributed by atoms with Crippen LogP contribution < -0.4 is 10.5 Å². The molecule has 0 bridgehead atoms.